The Morgan fingerprint density at radius 2 is 2.07 bits per heavy atom. The molecular formula is C21H23ClN4O2. The molecule has 6 nitrogen and oxygen atoms in total. The highest BCUT2D eigenvalue weighted by Crippen LogP contribution is 2.19. The van der Waals surface area contributed by atoms with Crippen molar-refractivity contribution < 1.29 is 9.53 Å². The molecule has 1 amide bonds. The van der Waals surface area contributed by atoms with Crippen molar-refractivity contribution in [1.29, 1.82) is 0 Å². The Kier molecular flexibility index (Phi) is 5.90. The number of rotatable bonds is 6. The number of aryl methyl sites for hydroxylation is 1. The van der Waals surface area contributed by atoms with Crippen molar-refractivity contribution in [2.24, 2.45) is 0 Å². The minimum absolute atomic E-state index is 0.0209. The molecule has 1 aliphatic rings. The smallest absolute Gasteiger partial charge is 0.224 e. The number of anilines is 1. The fraction of sp³-hybridized carbons (Fsp3) is 0.333. The van der Waals surface area contributed by atoms with Gasteiger partial charge in [0.1, 0.15) is 5.82 Å². The van der Waals surface area contributed by atoms with Crippen LogP contribution in [0.1, 0.15) is 17.8 Å². The number of halogens is 1. The number of nitrogens with one attached hydrogen (secondary N) is 2. The van der Waals surface area contributed by atoms with Crippen molar-refractivity contribution in [1.82, 2.24) is 14.9 Å². The van der Waals surface area contributed by atoms with Crippen LogP contribution in [-0.2, 0) is 22.5 Å². The number of fused-ring (bicyclic) bond motifs is 1. The molecule has 2 heterocycles. The number of H-pyrrole nitrogens is 1. The van der Waals surface area contributed by atoms with Gasteiger partial charge in [-0.1, -0.05) is 23.7 Å². The van der Waals surface area contributed by atoms with Gasteiger partial charge in [0.25, 0.3) is 0 Å². The molecule has 0 saturated carbocycles. The van der Waals surface area contributed by atoms with E-state index in [0.29, 0.717) is 17.9 Å². The summed E-state index contributed by atoms with van der Waals surface area (Å²) in [5.74, 6) is 0.911. The number of aromatic nitrogens is 2. The Labute approximate surface area is 168 Å². The zero-order chi connectivity index (χ0) is 19.3. The molecule has 0 radical (unpaired) electrons. The predicted molar refractivity (Wildman–Crippen MR) is 111 cm³/mol. The van der Waals surface area contributed by atoms with Gasteiger partial charge in [-0.25, -0.2) is 4.98 Å². The zero-order valence-electron chi connectivity index (χ0n) is 15.6. The number of ether oxygens (including phenoxy) is 1. The Bertz CT molecular complexity index is 966. The predicted octanol–water partition coefficient (Wildman–Crippen LogP) is 3.62. The summed E-state index contributed by atoms with van der Waals surface area (Å²) in [5, 5.41) is 3.65. The number of amides is 1. The van der Waals surface area contributed by atoms with Gasteiger partial charge in [0.05, 0.1) is 30.8 Å². The van der Waals surface area contributed by atoms with Crippen molar-refractivity contribution in [3.8, 4) is 0 Å². The maximum Gasteiger partial charge on any atom is 0.224 e. The number of hydrogen-bond acceptors (Lipinski definition) is 4. The van der Waals surface area contributed by atoms with Crippen molar-refractivity contribution in [2.75, 3.05) is 31.6 Å². The van der Waals surface area contributed by atoms with Gasteiger partial charge in [-0.3, -0.25) is 9.69 Å². The second-order valence-electron chi connectivity index (χ2n) is 6.98. The average Bonchev–Trinajstić information content (AvgIpc) is 3.09. The van der Waals surface area contributed by atoms with E-state index < -0.39 is 0 Å². The van der Waals surface area contributed by atoms with Crippen LogP contribution in [0.3, 0.4) is 0 Å². The molecule has 4 rings (SSSR count). The van der Waals surface area contributed by atoms with E-state index in [2.05, 4.69) is 20.2 Å². The molecule has 2 aromatic carbocycles. The quantitative estimate of drug-likeness (QED) is 0.665. The molecule has 0 unspecified atom stereocenters. The van der Waals surface area contributed by atoms with Crippen LogP contribution >= 0.6 is 11.6 Å². The Morgan fingerprint density at radius 3 is 2.89 bits per heavy atom. The lowest BCUT2D eigenvalue weighted by molar-refractivity contribution is -0.116. The van der Waals surface area contributed by atoms with Crippen molar-refractivity contribution in [3.63, 3.8) is 0 Å². The van der Waals surface area contributed by atoms with Crippen LogP contribution in [0.15, 0.2) is 42.5 Å². The Hall–Kier alpha value is -2.41. The fourth-order valence-electron chi connectivity index (χ4n) is 3.36. The maximum atomic E-state index is 12.3. The van der Waals surface area contributed by atoms with Gasteiger partial charge < -0.3 is 15.0 Å². The molecule has 0 aliphatic carbocycles. The molecule has 0 spiro atoms. The third kappa shape index (κ3) is 4.90. The van der Waals surface area contributed by atoms with Crippen LogP contribution in [-0.4, -0.2) is 47.1 Å². The second-order valence-corrected chi connectivity index (χ2v) is 7.42. The van der Waals surface area contributed by atoms with E-state index in [-0.39, 0.29) is 5.91 Å². The summed E-state index contributed by atoms with van der Waals surface area (Å²) in [4.78, 5) is 22.6. The number of benzene rings is 2. The van der Waals surface area contributed by atoms with Gasteiger partial charge in [0, 0.05) is 30.2 Å². The van der Waals surface area contributed by atoms with Gasteiger partial charge in [-0.15, -0.1) is 0 Å². The van der Waals surface area contributed by atoms with Crippen LogP contribution < -0.4 is 5.32 Å². The second kappa shape index (κ2) is 8.73. The largest absolute Gasteiger partial charge is 0.379 e. The van der Waals surface area contributed by atoms with E-state index in [4.69, 9.17) is 16.3 Å². The highest BCUT2D eigenvalue weighted by Gasteiger charge is 2.13. The molecule has 28 heavy (non-hydrogen) atoms. The first-order valence-corrected chi connectivity index (χ1v) is 9.86. The van der Waals surface area contributed by atoms with E-state index in [1.807, 2.05) is 42.5 Å². The average molecular weight is 399 g/mol. The Morgan fingerprint density at radius 1 is 1.21 bits per heavy atom. The molecule has 0 atom stereocenters. The zero-order valence-corrected chi connectivity index (χ0v) is 16.3. The number of carbonyl (C=O) groups is 1. The van der Waals surface area contributed by atoms with Gasteiger partial charge in [-0.2, -0.15) is 0 Å². The third-order valence-corrected chi connectivity index (χ3v) is 5.06. The molecule has 1 saturated heterocycles. The molecule has 3 aromatic rings. The van der Waals surface area contributed by atoms with Gasteiger partial charge in [-0.05, 0) is 42.3 Å². The number of hydrogen-bond donors (Lipinski definition) is 2. The highest BCUT2D eigenvalue weighted by atomic mass is 35.5. The summed E-state index contributed by atoms with van der Waals surface area (Å²) in [5.41, 5.74) is 3.65. The SMILES string of the molecule is O=C(CCc1cccc(Cl)c1)Nc1ccc2nc(CN3CCOCC3)[nH]c2c1. The Balaban J connectivity index is 1.36. The minimum atomic E-state index is -0.0209. The molecular weight excluding hydrogens is 376 g/mol. The van der Waals surface area contributed by atoms with Crippen molar-refractivity contribution in [3.05, 3.63) is 58.9 Å². The monoisotopic (exact) mass is 398 g/mol. The van der Waals surface area contributed by atoms with E-state index in [1.165, 1.54) is 0 Å². The van der Waals surface area contributed by atoms with Crippen LogP contribution in [0.2, 0.25) is 5.02 Å². The van der Waals surface area contributed by atoms with Gasteiger partial charge >= 0.3 is 0 Å². The summed E-state index contributed by atoms with van der Waals surface area (Å²) in [7, 11) is 0. The number of nitrogens with zero attached hydrogens (tertiary/aromatic N) is 2. The van der Waals surface area contributed by atoms with Crippen LogP contribution in [0.4, 0.5) is 5.69 Å². The van der Waals surface area contributed by atoms with Crippen molar-refractivity contribution >= 4 is 34.2 Å². The first kappa shape index (κ1) is 18.9. The van der Waals surface area contributed by atoms with E-state index >= 15 is 0 Å². The topological polar surface area (TPSA) is 70.2 Å². The lowest BCUT2D eigenvalue weighted by Gasteiger charge is -2.25. The number of morpholine rings is 1. The third-order valence-electron chi connectivity index (χ3n) is 4.82. The minimum Gasteiger partial charge on any atom is -0.379 e. The lowest BCUT2D eigenvalue weighted by atomic mass is 10.1. The number of carbonyl (C=O) groups excluding carboxylic acids is 1. The molecule has 1 fully saturated rings. The van der Waals surface area contributed by atoms with Gasteiger partial charge in [0.2, 0.25) is 5.91 Å². The first-order chi connectivity index (χ1) is 13.7. The number of imidazole rings is 1. The summed E-state index contributed by atoms with van der Waals surface area (Å²) in [6.07, 6.45) is 1.06. The standard InChI is InChI=1S/C21H23ClN4O2/c22-16-3-1-2-15(12-16)4-7-21(27)23-17-5-6-18-19(13-17)25-20(24-18)14-26-8-10-28-11-9-26/h1-3,5-6,12-13H,4,7-11,14H2,(H,23,27)(H,24,25). The van der Waals surface area contributed by atoms with E-state index in [0.717, 1.165) is 61.0 Å². The van der Waals surface area contributed by atoms with E-state index in [1.54, 1.807) is 0 Å². The molecule has 1 aliphatic heterocycles. The summed E-state index contributed by atoms with van der Waals surface area (Å²) in [6, 6.07) is 13.4. The van der Waals surface area contributed by atoms with E-state index in [9.17, 15) is 4.79 Å². The van der Waals surface area contributed by atoms with Crippen LogP contribution in [0.5, 0.6) is 0 Å². The maximum absolute atomic E-state index is 12.3. The first-order valence-electron chi connectivity index (χ1n) is 9.49. The van der Waals surface area contributed by atoms with Crippen molar-refractivity contribution in [2.45, 2.75) is 19.4 Å². The molecule has 2 N–H and O–H groups in total. The number of aromatic amines is 1. The normalized spacial score (nSPS) is 15.0. The molecule has 1 aromatic heterocycles. The fourth-order valence-corrected chi connectivity index (χ4v) is 3.57. The summed E-state index contributed by atoms with van der Waals surface area (Å²) >= 11 is 5.99. The highest BCUT2D eigenvalue weighted by molar-refractivity contribution is 6.30. The van der Waals surface area contributed by atoms with Crippen LogP contribution in [0.25, 0.3) is 11.0 Å². The summed E-state index contributed by atoms with van der Waals surface area (Å²) in [6.45, 7) is 4.16. The molecule has 7 heteroatoms. The lowest BCUT2D eigenvalue weighted by Crippen LogP contribution is -2.35. The van der Waals surface area contributed by atoms with Gasteiger partial charge in [0.15, 0.2) is 0 Å². The molecule has 0 bridgehead atoms. The summed E-state index contributed by atoms with van der Waals surface area (Å²) < 4.78 is 5.38. The molecule has 146 valence electrons. The van der Waals surface area contributed by atoms with Crippen LogP contribution in [0, 0.1) is 0 Å².